The minimum absolute atomic E-state index is 0.189. The van der Waals surface area contributed by atoms with Gasteiger partial charge in [-0.15, -0.1) is 0 Å². The molecule has 20 heavy (non-hydrogen) atoms. The van der Waals surface area contributed by atoms with E-state index in [1.807, 2.05) is 13.2 Å². The minimum atomic E-state index is -1.08. The number of urea groups is 1. The number of carbonyl (C=O) groups is 3. The molecule has 0 spiro atoms. The SMILES string of the molecule is CCCN(CC(=O)OC)C(=O)N[C@H](CCSC)C(=O)O. The number of carboxylic acids is 1. The normalized spacial score (nSPS) is 11.6. The highest BCUT2D eigenvalue weighted by atomic mass is 32.2. The first-order chi connectivity index (χ1) is 9.46. The number of hydrogen-bond acceptors (Lipinski definition) is 5. The molecule has 7 nitrogen and oxygen atoms in total. The Balaban J connectivity index is 4.61. The number of hydrogen-bond donors (Lipinski definition) is 2. The van der Waals surface area contributed by atoms with Crippen molar-refractivity contribution in [3.8, 4) is 0 Å². The highest BCUT2D eigenvalue weighted by Gasteiger charge is 2.23. The standard InChI is InChI=1S/C12H22N2O5S/c1-4-6-14(8-10(15)19-2)12(18)13-9(11(16)17)5-7-20-3/h9H,4-8H2,1-3H3,(H,13,18)(H,16,17)/t9-/m1/s1. The summed E-state index contributed by atoms with van der Waals surface area (Å²) in [5.74, 6) is -0.992. The zero-order chi connectivity index (χ0) is 15.5. The van der Waals surface area contributed by atoms with Crippen molar-refractivity contribution in [1.82, 2.24) is 10.2 Å². The largest absolute Gasteiger partial charge is 0.480 e. The molecular weight excluding hydrogens is 284 g/mol. The Morgan fingerprint density at radius 1 is 1.40 bits per heavy atom. The first-order valence-corrected chi connectivity index (χ1v) is 7.69. The lowest BCUT2D eigenvalue weighted by Crippen LogP contribution is -2.49. The summed E-state index contributed by atoms with van der Waals surface area (Å²) in [6, 6.07) is -1.52. The van der Waals surface area contributed by atoms with Crippen molar-refractivity contribution in [1.29, 1.82) is 0 Å². The van der Waals surface area contributed by atoms with E-state index in [1.165, 1.54) is 23.8 Å². The fraction of sp³-hybridized carbons (Fsp3) is 0.750. The molecular formula is C12H22N2O5S. The Hall–Kier alpha value is -1.44. The van der Waals surface area contributed by atoms with E-state index in [-0.39, 0.29) is 6.54 Å². The van der Waals surface area contributed by atoms with Crippen molar-refractivity contribution in [2.24, 2.45) is 0 Å². The first kappa shape index (κ1) is 18.6. The van der Waals surface area contributed by atoms with Gasteiger partial charge in [-0.1, -0.05) is 6.92 Å². The van der Waals surface area contributed by atoms with E-state index in [4.69, 9.17) is 5.11 Å². The number of nitrogens with zero attached hydrogens (tertiary/aromatic N) is 1. The van der Waals surface area contributed by atoms with Crippen LogP contribution in [0.1, 0.15) is 19.8 Å². The number of methoxy groups -OCH3 is 1. The average Bonchev–Trinajstić information content (AvgIpc) is 2.42. The molecule has 0 unspecified atom stereocenters. The number of thioether (sulfide) groups is 1. The zero-order valence-electron chi connectivity index (χ0n) is 12.0. The predicted molar refractivity (Wildman–Crippen MR) is 76.8 cm³/mol. The van der Waals surface area contributed by atoms with Crippen LogP contribution in [0.25, 0.3) is 0 Å². The van der Waals surface area contributed by atoms with Crippen LogP contribution in [0.3, 0.4) is 0 Å². The number of esters is 1. The number of ether oxygens (including phenoxy) is 1. The van der Waals surface area contributed by atoms with E-state index in [2.05, 4.69) is 10.1 Å². The quantitative estimate of drug-likeness (QED) is 0.611. The summed E-state index contributed by atoms with van der Waals surface area (Å²) in [4.78, 5) is 35.5. The van der Waals surface area contributed by atoms with Crippen molar-refractivity contribution in [2.75, 3.05) is 32.2 Å². The highest BCUT2D eigenvalue weighted by Crippen LogP contribution is 2.03. The van der Waals surface area contributed by atoms with Crippen LogP contribution in [-0.4, -0.2) is 66.2 Å². The minimum Gasteiger partial charge on any atom is -0.480 e. The van der Waals surface area contributed by atoms with Crippen LogP contribution >= 0.6 is 11.8 Å². The topological polar surface area (TPSA) is 95.9 Å². The van der Waals surface area contributed by atoms with Gasteiger partial charge in [0.05, 0.1) is 7.11 Å². The van der Waals surface area contributed by atoms with Crippen molar-refractivity contribution in [3.05, 3.63) is 0 Å². The molecule has 8 heteroatoms. The number of amides is 2. The Kier molecular flexibility index (Phi) is 9.61. The molecule has 0 bridgehead atoms. The van der Waals surface area contributed by atoms with Crippen LogP contribution < -0.4 is 5.32 Å². The van der Waals surface area contributed by atoms with Gasteiger partial charge in [0.15, 0.2) is 0 Å². The number of aliphatic carboxylic acids is 1. The first-order valence-electron chi connectivity index (χ1n) is 6.30. The van der Waals surface area contributed by atoms with Crippen molar-refractivity contribution < 1.29 is 24.2 Å². The Morgan fingerprint density at radius 2 is 2.05 bits per heavy atom. The van der Waals surface area contributed by atoms with Crippen LogP contribution in [0.4, 0.5) is 4.79 Å². The maximum absolute atomic E-state index is 12.0. The van der Waals surface area contributed by atoms with Crippen LogP contribution in [-0.2, 0) is 14.3 Å². The number of nitrogens with one attached hydrogen (secondary N) is 1. The second-order valence-electron chi connectivity index (χ2n) is 4.12. The Bertz CT molecular complexity index is 338. The van der Waals surface area contributed by atoms with E-state index in [0.29, 0.717) is 25.1 Å². The Labute approximate surface area is 123 Å². The molecule has 0 aromatic carbocycles. The van der Waals surface area contributed by atoms with Crippen molar-refractivity contribution in [2.45, 2.75) is 25.8 Å². The van der Waals surface area contributed by atoms with E-state index in [9.17, 15) is 14.4 Å². The summed E-state index contributed by atoms with van der Waals surface area (Å²) in [5, 5.41) is 11.5. The lowest BCUT2D eigenvalue weighted by Gasteiger charge is -2.23. The van der Waals surface area contributed by atoms with Crippen LogP contribution in [0, 0.1) is 0 Å². The fourth-order valence-corrected chi connectivity index (χ4v) is 1.95. The maximum Gasteiger partial charge on any atom is 0.326 e. The van der Waals surface area contributed by atoms with Gasteiger partial charge in [-0.3, -0.25) is 4.79 Å². The van der Waals surface area contributed by atoms with Gasteiger partial charge in [0.25, 0.3) is 0 Å². The predicted octanol–water partition coefficient (Wildman–Crippen LogP) is 0.787. The summed E-state index contributed by atoms with van der Waals surface area (Å²) < 4.78 is 4.51. The second kappa shape index (κ2) is 10.4. The van der Waals surface area contributed by atoms with Crippen molar-refractivity contribution in [3.63, 3.8) is 0 Å². The zero-order valence-corrected chi connectivity index (χ0v) is 12.9. The molecule has 2 N–H and O–H groups in total. The molecule has 0 aliphatic carbocycles. The molecule has 0 aromatic rings. The third-order valence-corrected chi connectivity index (χ3v) is 3.18. The van der Waals surface area contributed by atoms with Gasteiger partial charge in [0, 0.05) is 6.54 Å². The third kappa shape index (κ3) is 7.22. The van der Waals surface area contributed by atoms with Crippen LogP contribution in [0.5, 0.6) is 0 Å². The number of carbonyl (C=O) groups excluding carboxylic acids is 2. The molecule has 0 fully saturated rings. The molecule has 0 radical (unpaired) electrons. The molecule has 1 atom stereocenters. The van der Waals surface area contributed by atoms with E-state index in [0.717, 1.165) is 0 Å². The molecule has 0 saturated heterocycles. The molecule has 0 rings (SSSR count). The lowest BCUT2D eigenvalue weighted by molar-refractivity contribution is -0.141. The van der Waals surface area contributed by atoms with E-state index in [1.54, 1.807) is 0 Å². The van der Waals surface area contributed by atoms with E-state index >= 15 is 0 Å². The van der Waals surface area contributed by atoms with Crippen LogP contribution in [0.15, 0.2) is 0 Å². The van der Waals surface area contributed by atoms with E-state index < -0.39 is 24.0 Å². The summed E-state index contributed by atoms with van der Waals surface area (Å²) in [6.45, 7) is 2.03. The van der Waals surface area contributed by atoms with Gasteiger partial charge < -0.3 is 20.1 Å². The molecule has 116 valence electrons. The Morgan fingerprint density at radius 3 is 2.50 bits per heavy atom. The van der Waals surface area contributed by atoms with Crippen LogP contribution in [0.2, 0.25) is 0 Å². The number of carboxylic acid groups (broad SMARTS) is 1. The summed E-state index contributed by atoms with van der Waals surface area (Å²) in [5.41, 5.74) is 0. The average molecular weight is 306 g/mol. The van der Waals surface area contributed by atoms with Gasteiger partial charge in [-0.05, 0) is 24.9 Å². The summed E-state index contributed by atoms with van der Waals surface area (Å²) >= 11 is 1.51. The lowest BCUT2D eigenvalue weighted by atomic mass is 10.2. The molecule has 0 aromatic heterocycles. The molecule has 0 saturated carbocycles. The highest BCUT2D eigenvalue weighted by molar-refractivity contribution is 7.98. The van der Waals surface area contributed by atoms with Gasteiger partial charge in [-0.25, -0.2) is 9.59 Å². The molecule has 0 heterocycles. The second-order valence-corrected chi connectivity index (χ2v) is 5.11. The smallest absolute Gasteiger partial charge is 0.326 e. The number of rotatable bonds is 9. The van der Waals surface area contributed by atoms with Gasteiger partial charge in [0.1, 0.15) is 12.6 Å². The van der Waals surface area contributed by atoms with Gasteiger partial charge in [0.2, 0.25) is 0 Å². The molecule has 0 aliphatic rings. The van der Waals surface area contributed by atoms with Gasteiger partial charge in [-0.2, -0.15) is 11.8 Å². The maximum atomic E-state index is 12.0. The third-order valence-electron chi connectivity index (χ3n) is 2.53. The molecule has 2 amide bonds. The fourth-order valence-electron chi connectivity index (χ4n) is 1.48. The summed E-state index contributed by atoms with van der Waals surface area (Å²) in [6.07, 6.45) is 2.86. The monoisotopic (exact) mass is 306 g/mol. The van der Waals surface area contributed by atoms with Gasteiger partial charge >= 0.3 is 18.0 Å². The molecule has 0 aliphatic heterocycles. The summed E-state index contributed by atoms with van der Waals surface area (Å²) in [7, 11) is 1.24. The van der Waals surface area contributed by atoms with Crippen molar-refractivity contribution >= 4 is 29.7 Å².